The molecule has 0 aliphatic carbocycles. The number of hydrogen-bond donors (Lipinski definition) is 5. The van der Waals surface area contributed by atoms with Crippen molar-refractivity contribution in [3.63, 3.8) is 0 Å². The van der Waals surface area contributed by atoms with Gasteiger partial charge in [0, 0.05) is 29.1 Å². The monoisotopic (exact) mass is 790 g/mol. The first-order chi connectivity index (χ1) is 26.5. The van der Waals surface area contributed by atoms with Crippen molar-refractivity contribution in [2.75, 3.05) is 5.75 Å². The zero-order chi connectivity index (χ0) is 41.3. The molecule has 56 heavy (non-hydrogen) atoms. The van der Waals surface area contributed by atoms with E-state index < -0.39 is 63.8 Å². The maximum absolute atomic E-state index is 14.3. The first kappa shape index (κ1) is 45.8. The van der Waals surface area contributed by atoms with Crippen LogP contribution in [-0.2, 0) is 49.3 Å². The fourth-order valence-electron chi connectivity index (χ4n) is 6.26. The second-order valence-corrected chi connectivity index (χ2v) is 17.9. The molecule has 0 aliphatic heterocycles. The number of carbonyl (C=O) groups excluding carboxylic acids is 4. The highest BCUT2D eigenvalue weighted by Crippen LogP contribution is 2.17. The first-order valence-electron chi connectivity index (χ1n) is 19.5. The minimum Gasteiger partial charge on any atom is -0.444 e. The molecule has 0 aliphatic rings. The van der Waals surface area contributed by atoms with Gasteiger partial charge in [0.05, 0.1) is 18.6 Å². The summed E-state index contributed by atoms with van der Waals surface area (Å²) in [5.74, 6) is -1.29. The van der Waals surface area contributed by atoms with Crippen LogP contribution in [0.25, 0.3) is 0 Å². The van der Waals surface area contributed by atoms with E-state index in [1.54, 1.807) is 20.8 Å². The van der Waals surface area contributed by atoms with Crippen LogP contribution in [0.5, 0.6) is 0 Å². The predicted octanol–water partition coefficient (Wildman–Crippen LogP) is 5.61. The van der Waals surface area contributed by atoms with Crippen molar-refractivity contribution in [3.05, 3.63) is 108 Å². The number of hydrogen-bond acceptors (Lipinski definition) is 7. The summed E-state index contributed by atoms with van der Waals surface area (Å²) in [6, 6.07) is 25.9. The molecule has 0 bridgehead atoms. The maximum atomic E-state index is 14.3. The minimum absolute atomic E-state index is 0.0295. The molecule has 0 radical (unpaired) electrons. The number of rotatable bonds is 21. The summed E-state index contributed by atoms with van der Waals surface area (Å²) in [7, 11) is -1.81. The van der Waals surface area contributed by atoms with Crippen LogP contribution in [0.1, 0.15) is 84.4 Å². The SMILES string of the molecule is CC(C)C[C@H](NC(=O)CC(O)[C@H](CC(C)C)NC(=O)[C@H](Cc1ccccc1)S(=O)C[C@H](Cc1ccccc1)NC(=O)OC(C)(C)C)C(=O)NCc1ccccc1. The summed E-state index contributed by atoms with van der Waals surface area (Å²) in [5, 5.41) is 21.9. The Hall–Kier alpha value is -4.55. The zero-order valence-corrected chi connectivity index (χ0v) is 34.8. The van der Waals surface area contributed by atoms with Crippen molar-refractivity contribution in [1.29, 1.82) is 0 Å². The number of benzene rings is 3. The Labute approximate surface area is 335 Å². The van der Waals surface area contributed by atoms with Crippen molar-refractivity contribution in [2.45, 2.75) is 122 Å². The highest BCUT2D eigenvalue weighted by Gasteiger charge is 2.33. The topological polar surface area (TPSA) is 163 Å². The number of aliphatic hydroxyl groups is 1. The largest absolute Gasteiger partial charge is 0.444 e. The van der Waals surface area contributed by atoms with Gasteiger partial charge in [-0.25, -0.2) is 4.79 Å². The standard InChI is InChI=1S/C44H62N4O7S/c1-30(2)23-36(38(49)27-40(50)47-37(24-31(3)4)41(51)45-28-34-21-15-10-16-22-34)48-42(52)39(26-33-19-13-9-14-20-33)56(54)29-35(25-32-17-11-8-12-18-32)46-43(53)55-44(5,6)7/h8-22,30-31,35-39,49H,23-29H2,1-7H3,(H,45,51)(H,46,53)(H,47,50)(H,48,52)/t35-,36-,37-,38?,39-,56?/m0/s1. The molecule has 2 unspecified atom stereocenters. The Kier molecular flexibility index (Phi) is 18.7. The van der Waals surface area contributed by atoms with Gasteiger partial charge in [-0.3, -0.25) is 18.6 Å². The molecule has 3 aromatic carbocycles. The Morgan fingerprint density at radius 2 is 1.21 bits per heavy atom. The molecule has 12 heteroatoms. The molecule has 4 amide bonds. The van der Waals surface area contributed by atoms with Crippen molar-refractivity contribution in [2.24, 2.45) is 11.8 Å². The molecule has 0 spiro atoms. The molecule has 0 saturated carbocycles. The summed E-state index contributed by atoms with van der Waals surface area (Å²) >= 11 is 0. The lowest BCUT2D eigenvalue weighted by Gasteiger charge is -2.29. The number of ether oxygens (including phenoxy) is 1. The molecule has 0 saturated heterocycles. The van der Waals surface area contributed by atoms with E-state index in [4.69, 9.17) is 4.74 Å². The van der Waals surface area contributed by atoms with Crippen molar-refractivity contribution in [1.82, 2.24) is 21.3 Å². The number of carbonyl (C=O) groups is 4. The second-order valence-electron chi connectivity index (χ2n) is 16.2. The van der Waals surface area contributed by atoms with Crippen LogP contribution in [0.4, 0.5) is 4.79 Å². The highest BCUT2D eigenvalue weighted by atomic mass is 32.2. The summed E-state index contributed by atoms with van der Waals surface area (Å²) in [6.45, 7) is 13.4. The smallest absolute Gasteiger partial charge is 0.407 e. The van der Waals surface area contributed by atoms with E-state index in [1.165, 1.54) is 0 Å². The van der Waals surface area contributed by atoms with E-state index in [-0.39, 0.29) is 36.3 Å². The third-order valence-electron chi connectivity index (χ3n) is 8.87. The fourth-order valence-corrected chi connectivity index (χ4v) is 7.78. The molecule has 5 N–H and O–H groups in total. The third kappa shape index (κ3) is 17.5. The van der Waals surface area contributed by atoms with E-state index in [1.807, 2.05) is 119 Å². The van der Waals surface area contributed by atoms with Crippen LogP contribution in [0.15, 0.2) is 91.0 Å². The fraction of sp³-hybridized carbons (Fsp3) is 0.500. The van der Waals surface area contributed by atoms with E-state index in [0.29, 0.717) is 25.8 Å². The van der Waals surface area contributed by atoms with Crippen LogP contribution in [0, 0.1) is 11.8 Å². The summed E-state index contributed by atoms with van der Waals surface area (Å²) < 4.78 is 19.8. The van der Waals surface area contributed by atoms with Gasteiger partial charge < -0.3 is 31.1 Å². The lowest BCUT2D eigenvalue weighted by Crippen LogP contribution is -2.53. The lowest BCUT2D eigenvalue weighted by atomic mass is 9.96. The molecule has 3 rings (SSSR count). The maximum Gasteiger partial charge on any atom is 0.407 e. The predicted molar refractivity (Wildman–Crippen MR) is 222 cm³/mol. The Morgan fingerprint density at radius 3 is 1.73 bits per heavy atom. The summed E-state index contributed by atoms with van der Waals surface area (Å²) in [6.07, 6.45) is -1.06. The van der Waals surface area contributed by atoms with Crippen LogP contribution >= 0.6 is 0 Å². The Balaban J connectivity index is 1.79. The van der Waals surface area contributed by atoms with Crippen molar-refractivity contribution < 1.29 is 33.2 Å². The average Bonchev–Trinajstić information content (AvgIpc) is 3.12. The van der Waals surface area contributed by atoms with Crippen molar-refractivity contribution >= 4 is 34.6 Å². The molecular weight excluding hydrogens is 729 g/mol. The van der Waals surface area contributed by atoms with Crippen LogP contribution < -0.4 is 21.3 Å². The number of alkyl carbamates (subject to hydrolysis) is 1. The molecule has 306 valence electrons. The minimum atomic E-state index is -1.81. The van der Waals surface area contributed by atoms with E-state index in [0.717, 1.165) is 16.7 Å². The Bertz CT molecular complexity index is 1680. The normalized spacial score (nSPS) is 14.8. The number of nitrogens with one attached hydrogen (secondary N) is 4. The quantitative estimate of drug-likeness (QED) is 0.0937. The van der Waals surface area contributed by atoms with Gasteiger partial charge in [-0.15, -0.1) is 0 Å². The molecular formula is C44H62N4O7S. The van der Waals surface area contributed by atoms with Gasteiger partial charge in [-0.05, 0) is 75.0 Å². The molecule has 6 atom stereocenters. The van der Waals surface area contributed by atoms with E-state index >= 15 is 0 Å². The Morgan fingerprint density at radius 1 is 0.696 bits per heavy atom. The van der Waals surface area contributed by atoms with E-state index in [2.05, 4.69) is 21.3 Å². The van der Waals surface area contributed by atoms with Gasteiger partial charge in [0.15, 0.2) is 0 Å². The van der Waals surface area contributed by atoms with Gasteiger partial charge in [0.2, 0.25) is 17.7 Å². The van der Waals surface area contributed by atoms with Gasteiger partial charge >= 0.3 is 6.09 Å². The molecule has 0 fully saturated rings. The zero-order valence-electron chi connectivity index (χ0n) is 34.0. The van der Waals surface area contributed by atoms with Crippen molar-refractivity contribution in [3.8, 4) is 0 Å². The molecule has 0 heterocycles. The van der Waals surface area contributed by atoms with Gasteiger partial charge in [0.1, 0.15) is 16.9 Å². The van der Waals surface area contributed by atoms with Gasteiger partial charge in [-0.2, -0.15) is 0 Å². The van der Waals surface area contributed by atoms with Crippen LogP contribution in [-0.4, -0.2) is 74.0 Å². The second kappa shape index (κ2) is 22.9. The first-order valence-corrected chi connectivity index (χ1v) is 20.9. The summed E-state index contributed by atoms with van der Waals surface area (Å²) in [5.41, 5.74) is 1.89. The molecule has 11 nitrogen and oxygen atoms in total. The number of aliphatic hydroxyl groups excluding tert-OH is 1. The van der Waals surface area contributed by atoms with E-state index in [9.17, 15) is 28.5 Å². The van der Waals surface area contributed by atoms with Gasteiger partial charge in [-0.1, -0.05) is 119 Å². The van der Waals surface area contributed by atoms with Crippen LogP contribution in [0.2, 0.25) is 0 Å². The number of amides is 4. The lowest BCUT2D eigenvalue weighted by molar-refractivity contribution is -0.131. The third-order valence-corrected chi connectivity index (χ3v) is 10.6. The van der Waals surface area contributed by atoms with Crippen LogP contribution in [0.3, 0.4) is 0 Å². The molecule has 3 aromatic rings. The molecule has 0 aromatic heterocycles. The highest BCUT2D eigenvalue weighted by molar-refractivity contribution is 7.86. The summed E-state index contributed by atoms with van der Waals surface area (Å²) in [4.78, 5) is 53.7. The van der Waals surface area contributed by atoms with Gasteiger partial charge in [0.25, 0.3) is 0 Å². The average molecular weight is 791 g/mol.